The fourth-order valence-corrected chi connectivity index (χ4v) is 2.51. The van der Waals surface area contributed by atoms with E-state index in [9.17, 15) is 10.1 Å². The summed E-state index contributed by atoms with van der Waals surface area (Å²) >= 11 is 12.0. The van der Waals surface area contributed by atoms with Crippen molar-refractivity contribution >= 4 is 28.9 Å². The average Bonchev–Trinajstić information content (AvgIpc) is 2.46. The minimum Gasteiger partial charge on any atom is -0.478 e. The van der Waals surface area contributed by atoms with Crippen molar-refractivity contribution in [1.29, 1.82) is 0 Å². The summed E-state index contributed by atoms with van der Waals surface area (Å²) in [7, 11) is 0. The van der Waals surface area contributed by atoms with E-state index in [1.54, 1.807) is 24.3 Å². The molecule has 0 aromatic heterocycles. The third kappa shape index (κ3) is 2.75. The van der Waals surface area contributed by atoms with Gasteiger partial charge in [-0.3, -0.25) is 10.1 Å². The molecule has 1 heterocycles. The van der Waals surface area contributed by atoms with Crippen LogP contribution >= 0.6 is 23.2 Å². The van der Waals surface area contributed by atoms with E-state index in [0.717, 1.165) is 5.56 Å². The number of ether oxygens (including phenoxy) is 2. The first kappa shape index (κ1) is 15.1. The lowest BCUT2D eigenvalue weighted by Crippen LogP contribution is -2.51. The van der Waals surface area contributed by atoms with Crippen molar-refractivity contribution in [3.05, 3.63) is 68.2 Å². The molecule has 0 bridgehead atoms. The lowest BCUT2D eigenvalue weighted by Gasteiger charge is -2.41. The molecule has 0 spiro atoms. The molecule has 0 saturated carbocycles. The molecule has 0 radical (unpaired) electrons. The summed E-state index contributed by atoms with van der Waals surface area (Å²) < 4.78 is 11.3. The first-order valence-corrected chi connectivity index (χ1v) is 7.22. The Morgan fingerprint density at radius 1 is 1.09 bits per heavy atom. The van der Waals surface area contributed by atoms with Crippen LogP contribution in [0.15, 0.2) is 42.5 Å². The number of rotatable bonds is 4. The van der Waals surface area contributed by atoms with Crippen LogP contribution in [0, 0.1) is 10.1 Å². The molecule has 0 amide bonds. The van der Waals surface area contributed by atoms with Gasteiger partial charge in [0.15, 0.2) is 5.60 Å². The van der Waals surface area contributed by atoms with E-state index >= 15 is 0 Å². The molecule has 3 rings (SSSR count). The first-order chi connectivity index (χ1) is 10.5. The maximum Gasteiger partial charge on any atom is 0.269 e. The quantitative estimate of drug-likeness (QED) is 0.618. The molecule has 114 valence electrons. The van der Waals surface area contributed by atoms with Gasteiger partial charge in [0.2, 0.25) is 0 Å². The van der Waals surface area contributed by atoms with Crippen molar-refractivity contribution in [2.75, 3.05) is 13.2 Å². The number of non-ortho nitro benzene ring substituents is 1. The van der Waals surface area contributed by atoms with Crippen LogP contribution < -0.4 is 4.74 Å². The number of benzene rings is 2. The molecular formula is C15H11Cl2NO4. The van der Waals surface area contributed by atoms with E-state index in [1.165, 1.54) is 12.1 Å². The number of nitrogens with zero attached hydrogens (tertiary/aromatic N) is 1. The van der Waals surface area contributed by atoms with Crippen molar-refractivity contribution in [2.24, 2.45) is 0 Å². The Bertz CT molecular complexity index is 714. The second-order valence-corrected chi connectivity index (χ2v) is 5.78. The summed E-state index contributed by atoms with van der Waals surface area (Å²) in [5.41, 5.74) is 0.219. The molecule has 0 N–H and O–H groups in total. The number of hydrogen-bond acceptors (Lipinski definition) is 4. The van der Waals surface area contributed by atoms with Crippen LogP contribution in [-0.4, -0.2) is 18.1 Å². The molecule has 2 aromatic rings. The van der Waals surface area contributed by atoms with E-state index in [2.05, 4.69) is 0 Å². The van der Waals surface area contributed by atoms with Crippen molar-refractivity contribution in [3.63, 3.8) is 0 Å². The zero-order valence-corrected chi connectivity index (χ0v) is 12.8. The van der Waals surface area contributed by atoms with Crippen molar-refractivity contribution < 1.29 is 14.4 Å². The van der Waals surface area contributed by atoms with Crippen LogP contribution in [0.5, 0.6) is 5.75 Å². The third-order valence-electron chi connectivity index (χ3n) is 3.48. The Hall–Kier alpha value is -1.82. The fraction of sp³-hybridized carbons (Fsp3) is 0.200. The van der Waals surface area contributed by atoms with Gasteiger partial charge in [-0.1, -0.05) is 29.3 Å². The van der Waals surface area contributed by atoms with E-state index in [0.29, 0.717) is 29.0 Å². The average molecular weight is 340 g/mol. The molecule has 1 saturated heterocycles. The van der Waals surface area contributed by atoms with Crippen LogP contribution in [0.1, 0.15) is 5.56 Å². The SMILES string of the molecule is O=[N+]([O-])c1ccc(OC2(c3ccc(Cl)c(Cl)c3)COC2)cc1. The first-order valence-electron chi connectivity index (χ1n) is 6.47. The smallest absolute Gasteiger partial charge is 0.269 e. The van der Waals surface area contributed by atoms with Gasteiger partial charge in [0.05, 0.1) is 28.2 Å². The molecule has 0 atom stereocenters. The van der Waals surface area contributed by atoms with Gasteiger partial charge < -0.3 is 9.47 Å². The van der Waals surface area contributed by atoms with Crippen LogP contribution in [0.4, 0.5) is 5.69 Å². The Kier molecular flexibility index (Phi) is 3.95. The molecule has 0 aliphatic carbocycles. The van der Waals surface area contributed by atoms with Gasteiger partial charge in [-0.2, -0.15) is 0 Å². The second kappa shape index (κ2) is 5.76. The van der Waals surface area contributed by atoms with Gasteiger partial charge in [-0.25, -0.2) is 0 Å². The Morgan fingerprint density at radius 3 is 2.27 bits per heavy atom. The fourth-order valence-electron chi connectivity index (χ4n) is 2.21. The van der Waals surface area contributed by atoms with Gasteiger partial charge in [-0.05, 0) is 24.3 Å². The van der Waals surface area contributed by atoms with Crippen molar-refractivity contribution in [1.82, 2.24) is 0 Å². The Labute approximate surface area is 136 Å². The number of nitro benzene ring substituents is 1. The molecule has 2 aromatic carbocycles. The summed E-state index contributed by atoms with van der Waals surface area (Å²) in [4.78, 5) is 10.2. The number of nitro groups is 1. The van der Waals surface area contributed by atoms with Crippen molar-refractivity contribution in [2.45, 2.75) is 5.60 Å². The highest BCUT2D eigenvalue weighted by molar-refractivity contribution is 6.42. The topological polar surface area (TPSA) is 61.6 Å². The number of halogens is 2. The minimum absolute atomic E-state index is 0.0146. The number of hydrogen-bond donors (Lipinski definition) is 0. The molecule has 22 heavy (non-hydrogen) atoms. The zero-order chi connectivity index (χ0) is 15.7. The Morgan fingerprint density at radius 2 is 1.77 bits per heavy atom. The highest BCUT2D eigenvalue weighted by Crippen LogP contribution is 2.38. The highest BCUT2D eigenvalue weighted by Gasteiger charge is 2.43. The summed E-state index contributed by atoms with van der Waals surface area (Å²) in [5.74, 6) is 0.528. The highest BCUT2D eigenvalue weighted by atomic mass is 35.5. The van der Waals surface area contributed by atoms with Gasteiger partial charge in [0.1, 0.15) is 5.75 Å². The van der Waals surface area contributed by atoms with E-state index in [1.807, 2.05) is 6.07 Å². The summed E-state index contributed by atoms with van der Waals surface area (Å²) in [6, 6.07) is 11.2. The van der Waals surface area contributed by atoms with Crippen LogP contribution in [-0.2, 0) is 10.3 Å². The van der Waals surface area contributed by atoms with E-state index in [4.69, 9.17) is 32.7 Å². The maximum absolute atomic E-state index is 10.7. The standard InChI is InChI=1S/C15H11Cl2NO4/c16-13-6-1-10(7-14(13)17)15(8-21-9-15)22-12-4-2-11(3-5-12)18(19)20/h1-7H,8-9H2. The Balaban J connectivity index is 1.87. The molecule has 0 unspecified atom stereocenters. The van der Waals surface area contributed by atoms with Crippen LogP contribution in [0.25, 0.3) is 0 Å². The third-order valence-corrected chi connectivity index (χ3v) is 4.22. The molecule has 5 nitrogen and oxygen atoms in total. The van der Waals surface area contributed by atoms with Crippen LogP contribution in [0.2, 0.25) is 10.0 Å². The van der Waals surface area contributed by atoms with Gasteiger partial charge in [-0.15, -0.1) is 0 Å². The normalized spacial score (nSPS) is 15.9. The lowest BCUT2D eigenvalue weighted by molar-refractivity contribution is -0.384. The lowest BCUT2D eigenvalue weighted by atomic mass is 9.91. The predicted octanol–water partition coefficient (Wildman–Crippen LogP) is 4.21. The summed E-state index contributed by atoms with van der Waals surface area (Å²) in [5, 5.41) is 11.6. The summed E-state index contributed by atoms with van der Waals surface area (Å²) in [6.07, 6.45) is 0. The zero-order valence-electron chi connectivity index (χ0n) is 11.3. The molecular weight excluding hydrogens is 329 g/mol. The van der Waals surface area contributed by atoms with Crippen molar-refractivity contribution in [3.8, 4) is 5.75 Å². The molecule has 1 fully saturated rings. The predicted molar refractivity (Wildman–Crippen MR) is 82.7 cm³/mol. The molecule has 1 aliphatic rings. The van der Waals surface area contributed by atoms with Gasteiger partial charge in [0, 0.05) is 17.7 Å². The largest absolute Gasteiger partial charge is 0.478 e. The monoisotopic (exact) mass is 339 g/mol. The van der Waals surface area contributed by atoms with E-state index in [-0.39, 0.29) is 5.69 Å². The molecule has 7 heteroatoms. The molecule has 1 aliphatic heterocycles. The maximum atomic E-state index is 10.7. The van der Waals surface area contributed by atoms with E-state index < -0.39 is 10.5 Å². The minimum atomic E-state index is -0.648. The van der Waals surface area contributed by atoms with Crippen LogP contribution in [0.3, 0.4) is 0 Å². The second-order valence-electron chi connectivity index (χ2n) is 4.97. The van der Waals surface area contributed by atoms with Gasteiger partial charge >= 0.3 is 0 Å². The van der Waals surface area contributed by atoms with Gasteiger partial charge in [0.25, 0.3) is 5.69 Å². The summed E-state index contributed by atoms with van der Waals surface area (Å²) in [6.45, 7) is 0.754.